The molecule has 0 unspecified atom stereocenters. The van der Waals surface area contributed by atoms with Gasteiger partial charge in [-0.2, -0.15) is 0 Å². The molecule has 2 aromatic heterocycles. The SMILES string of the molecule is c1ccc2c(-c3ccnc(Nc4ccc(N5CCNCC5)cc4)n3)c[nH]c2c1. The van der Waals surface area contributed by atoms with Gasteiger partial charge in [0.15, 0.2) is 0 Å². The fourth-order valence-electron chi connectivity index (χ4n) is 3.66. The highest BCUT2D eigenvalue weighted by Gasteiger charge is 2.11. The van der Waals surface area contributed by atoms with E-state index in [-0.39, 0.29) is 0 Å². The van der Waals surface area contributed by atoms with E-state index in [2.05, 4.69) is 61.9 Å². The molecule has 3 N–H and O–H groups in total. The van der Waals surface area contributed by atoms with Crippen LogP contribution in [0.25, 0.3) is 22.2 Å². The van der Waals surface area contributed by atoms with Crippen LogP contribution in [-0.2, 0) is 0 Å². The van der Waals surface area contributed by atoms with E-state index >= 15 is 0 Å². The fourth-order valence-corrected chi connectivity index (χ4v) is 3.66. The molecule has 6 nitrogen and oxygen atoms in total. The van der Waals surface area contributed by atoms with Crippen LogP contribution in [0, 0.1) is 0 Å². The van der Waals surface area contributed by atoms with Crippen molar-refractivity contribution < 1.29 is 0 Å². The van der Waals surface area contributed by atoms with Crippen molar-refractivity contribution in [1.29, 1.82) is 0 Å². The van der Waals surface area contributed by atoms with Crippen LogP contribution in [0.3, 0.4) is 0 Å². The smallest absolute Gasteiger partial charge is 0.227 e. The number of piperazine rings is 1. The maximum atomic E-state index is 4.71. The zero-order valence-electron chi connectivity index (χ0n) is 15.5. The van der Waals surface area contributed by atoms with Crippen molar-refractivity contribution in [2.75, 3.05) is 36.4 Å². The van der Waals surface area contributed by atoms with Crippen molar-refractivity contribution in [2.24, 2.45) is 0 Å². The molecule has 140 valence electrons. The first kappa shape index (κ1) is 16.8. The molecular weight excluding hydrogens is 348 g/mol. The standard InChI is InChI=1S/C22H22N6/c1-2-4-20-18(3-1)19(15-25-20)21-9-10-24-22(27-21)26-16-5-7-17(8-6-16)28-13-11-23-12-14-28/h1-10,15,23,25H,11-14H2,(H,24,26,27). The minimum atomic E-state index is 0.595. The summed E-state index contributed by atoms with van der Waals surface area (Å²) in [4.78, 5) is 14.8. The number of hydrogen-bond donors (Lipinski definition) is 3. The molecule has 0 saturated carbocycles. The predicted octanol–water partition coefficient (Wildman–Crippen LogP) is 3.78. The average molecular weight is 370 g/mol. The van der Waals surface area contributed by atoms with Crippen LogP contribution in [0.2, 0.25) is 0 Å². The van der Waals surface area contributed by atoms with E-state index < -0.39 is 0 Å². The number of anilines is 3. The molecule has 0 radical (unpaired) electrons. The van der Waals surface area contributed by atoms with E-state index in [9.17, 15) is 0 Å². The van der Waals surface area contributed by atoms with Crippen molar-refractivity contribution >= 4 is 28.2 Å². The summed E-state index contributed by atoms with van der Waals surface area (Å²) in [5, 5.41) is 7.86. The summed E-state index contributed by atoms with van der Waals surface area (Å²) in [5.41, 5.74) is 5.31. The third-order valence-electron chi connectivity index (χ3n) is 5.13. The molecule has 0 bridgehead atoms. The van der Waals surface area contributed by atoms with Crippen LogP contribution in [0.5, 0.6) is 0 Å². The zero-order valence-corrected chi connectivity index (χ0v) is 15.5. The first-order valence-electron chi connectivity index (χ1n) is 9.59. The van der Waals surface area contributed by atoms with E-state index in [0.29, 0.717) is 5.95 Å². The van der Waals surface area contributed by atoms with E-state index in [1.807, 2.05) is 24.4 Å². The largest absolute Gasteiger partial charge is 0.369 e. The van der Waals surface area contributed by atoms with Crippen LogP contribution < -0.4 is 15.5 Å². The highest BCUT2D eigenvalue weighted by atomic mass is 15.2. The summed E-state index contributed by atoms with van der Waals surface area (Å²) in [6.07, 6.45) is 3.79. The van der Waals surface area contributed by atoms with Gasteiger partial charge in [-0.25, -0.2) is 9.97 Å². The zero-order chi connectivity index (χ0) is 18.8. The number of nitrogens with one attached hydrogen (secondary N) is 3. The Kier molecular flexibility index (Phi) is 4.39. The summed E-state index contributed by atoms with van der Waals surface area (Å²) in [6.45, 7) is 4.16. The van der Waals surface area contributed by atoms with Gasteiger partial charge in [-0.15, -0.1) is 0 Å². The lowest BCUT2D eigenvalue weighted by Gasteiger charge is -2.29. The number of aromatic amines is 1. The molecule has 0 aliphatic carbocycles. The quantitative estimate of drug-likeness (QED) is 0.510. The summed E-state index contributed by atoms with van der Waals surface area (Å²) in [6, 6.07) is 18.6. The second-order valence-corrected chi connectivity index (χ2v) is 6.92. The summed E-state index contributed by atoms with van der Waals surface area (Å²) in [5.74, 6) is 0.595. The van der Waals surface area contributed by atoms with Crippen LogP contribution in [0.15, 0.2) is 67.0 Å². The highest BCUT2D eigenvalue weighted by molar-refractivity contribution is 5.94. The van der Waals surface area contributed by atoms with Crippen LogP contribution in [-0.4, -0.2) is 41.1 Å². The van der Waals surface area contributed by atoms with Gasteiger partial charge in [0.25, 0.3) is 0 Å². The third kappa shape index (κ3) is 3.30. The predicted molar refractivity (Wildman–Crippen MR) is 114 cm³/mol. The second kappa shape index (κ2) is 7.32. The highest BCUT2D eigenvalue weighted by Crippen LogP contribution is 2.28. The molecule has 28 heavy (non-hydrogen) atoms. The van der Waals surface area contributed by atoms with Gasteiger partial charge in [-0.05, 0) is 36.4 Å². The lowest BCUT2D eigenvalue weighted by atomic mass is 10.1. The normalized spacial score (nSPS) is 14.4. The first-order chi connectivity index (χ1) is 13.9. The Morgan fingerprint density at radius 1 is 0.929 bits per heavy atom. The molecule has 5 rings (SSSR count). The monoisotopic (exact) mass is 370 g/mol. The molecule has 4 aromatic rings. The summed E-state index contributed by atoms with van der Waals surface area (Å²) < 4.78 is 0. The van der Waals surface area contributed by atoms with Crippen molar-refractivity contribution in [3.05, 3.63) is 67.0 Å². The number of nitrogens with zero attached hydrogens (tertiary/aromatic N) is 3. The number of H-pyrrole nitrogens is 1. The summed E-state index contributed by atoms with van der Waals surface area (Å²) in [7, 11) is 0. The van der Waals surface area contributed by atoms with E-state index in [4.69, 9.17) is 4.98 Å². The maximum absolute atomic E-state index is 4.71. The van der Waals surface area contributed by atoms with Crippen LogP contribution >= 0.6 is 0 Å². The Labute approximate surface area is 163 Å². The molecule has 2 aromatic carbocycles. The molecule has 1 aliphatic rings. The van der Waals surface area contributed by atoms with Crippen molar-refractivity contribution in [1.82, 2.24) is 20.3 Å². The lowest BCUT2D eigenvalue weighted by molar-refractivity contribution is 0.589. The van der Waals surface area contributed by atoms with Crippen molar-refractivity contribution in [2.45, 2.75) is 0 Å². The second-order valence-electron chi connectivity index (χ2n) is 6.92. The van der Waals surface area contributed by atoms with Gasteiger partial charge in [0.2, 0.25) is 5.95 Å². The Morgan fingerprint density at radius 3 is 2.61 bits per heavy atom. The number of fused-ring (bicyclic) bond motifs is 1. The molecular formula is C22H22N6. The van der Waals surface area contributed by atoms with Crippen molar-refractivity contribution in [3.63, 3.8) is 0 Å². The minimum absolute atomic E-state index is 0.595. The van der Waals surface area contributed by atoms with Crippen molar-refractivity contribution in [3.8, 4) is 11.3 Å². The Morgan fingerprint density at radius 2 is 1.75 bits per heavy atom. The number of aromatic nitrogens is 3. The number of hydrogen-bond acceptors (Lipinski definition) is 5. The van der Waals surface area contributed by atoms with Crippen LogP contribution in [0.1, 0.15) is 0 Å². The number of para-hydroxylation sites is 1. The van der Waals surface area contributed by atoms with Gasteiger partial charge in [0, 0.05) is 66.4 Å². The van der Waals surface area contributed by atoms with Gasteiger partial charge in [0.1, 0.15) is 0 Å². The Balaban J connectivity index is 1.37. The van der Waals surface area contributed by atoms with E-state index in [1.165, 1.54) is 5.69 Å². The van der Waals surface area contributed by atoms with Crippen LogP contribution in [0.4, 0.5) is 17.3 Å². The van der Waals surface area contributed by atoms with Gasteiger partial charge < -0.3 is 20.5 Å². The minimum Gasteiger partial charge on any atom is -0.369 e. The average Bonchev–Trinajstić information content (AvgIpc) is 3.19. The Bertz CT molecular complexity index is 1080. The lowest BCUT2D eigenvalue weighted by Crippen LogP contribution is -2.43. The van der Waals surface area contributed by atoms with Gasteiger partial charge in [-0.1, -0.05) is 18.2 Å². The van der Waals surface area contributed by atoms with Gasteiger partial charge in [0.05, 0.1) is 5.69 Å². The topological polar surface area (TPSA) is 68.9 Å². The van der Waals surface area contributed by atoms with Gasteiger partial charge >= 0.3 is 0 Å². The number of rotatable bonds is 4. The molecule has 1 fully saturated rings. The maximum Gasteiger partial charge on any atom is 0.227 e. The molecule has 1 aliphatic heterocycles. The molecule has 0 amide bonds. The number of benzene rings is 2. The third-order valence-corrected chi connectivity index (χ3v) is 5.13. The van der Waals surface area contributed by atoms with E-state index in [0.717, 1.165) is 54.0 Å². The summed E-state index contributed by atoms with van der Waals surface area (Å²) >= 11 is 0. The van der Waals surface area contributed by atoms with Gasteiger partial charge in [-0.3, -0.25) is 0 Å². The molecule has 1 saturated heterocycles. The molecule has 6 heteroatoms. The molecule has 3 heterocycles. The Hall–Kier alpha value is -3.38. The van der Waals surface area contributed by atoms with E-state index in [1.54, 1.807) is 6.20 Å². The fraction of sp³-hybridized carbons (Fsp3) is 0.182. The first-order valence-corrected chi connectivity index (χ1v) is 9.59. The molecule has 0 spiro atoms. The molecule has 0 atom stereocenters.